The van der Waals surface area contributed by atoms with Gasteiger partial charge in [-0.25, -0.2) is 4.85 Å². The molecule has 1 spiro atoms. The van der Waals surface area contributed by atoms with Crippen LogP contribution in [0.15, 0.2) is 42.5 Å². The Bertz CT molecular complexity index is 1070. The maximum atomic E-state index is 12.9. The molecule has 5 heteroatoms. The van der Waals surface area contributed by atoms with Crippen molar-refractivity contribution in [1.82, 2.24) is 9.80 Å². The third-order valence-corrected chi connectivity index (χ3v) is 7.84. The fraction of sp³-hybridized carbons (Fsp3) is 0.500. The summed E-state index contributed by atoms with van der Waals surface area (Å²) in [6.07, 6.45) is 5.57. The lowest BCUT2D eigenvalue weighted by molar-refractivity contribution is 0.0282. The van der Waals surface area contributed by atoms with Crippen molar-refractivity contribution in [3.05, 3.63) is 70.6 Å². The highest BCUT2D eigenvalue weighted by Gasteiger charge is 2.39. The van der Waals surface area contributed by atoms with Crippen LogP contribution in [0.3, 0.4) is 0 Å². The number of fused-ring (bicyclic) bond motifs is 1. The highest BCUT2D eigenvalue weighted by Crippen LogP contribution is 2.43. The Morgan fingerprint density at radius 2 is 1.67 bits per heavy atom. The third kappa shape index (κ3) is 4.50. The maximum absolute atomic E-state index is 12.9. The monoisotopic (exact) mass is 443 g/mol. The summed E-state index contributed by atoms with van der Waals surface area (Å²) in [5.41, 5.74) is 4.19. The van der Waals surface area contributed by atoms with Crippen molar-refractivity contribution in [1.29, 1.82) is 0 Å². The second-order valence-corrected chi connectivity index (χ2v) is 10.7. The maximum Gasteiger partial charge on any atom is 0.253 e. The summed E-state index contributed by atoms with van der Waals surface area (Å²) in [6.45, 7) is 16.3. The van der Waals surface area contributed by atoms with Gasteiger partial charge in [-0.05, 0) is 63.6 Å². The summed E-state index contributed by atoms with van der Waals surface area (Å²) in [4.78, 5) is 20.9. The van der Waals surface area contributed by atoms with Gasteiger partial charge in [0.2, 0.25) is 0 Å². The zero-order valence-electron chi connectivity index (χ0n) is 19.8. The number of para-hydroxylation sites is 1. The van der Waals surface area contributed by atoms with Crippen molar-refractivity contribution in [3.8, 4) is 5.75 Å². The Balaban J connectivity index is 1.15. The highest BCUT2D eigenvalue weighted by atomic mass is 16.5. The van der Waals surface area contributed by atoms with Gasteiger partial charge < -0.3 is 9.64 Å². The Kier molecular flexibility index (Phi) is 5.66. The average Bonchev–Trinajstić information content (AvgIpc) is 3.16. The van der Waals surface area contributed by atoms with Crippen LogP contribution in [-0.2, 0) is 13.0 Å². The molecule has 0 aliphatic carbocycles. The molecule has 1 amide bonds. The number of ether oxygens (including phenoxy) is 1. The van der Waals surface area contributed by atoms with Gasteiger partial charge in [-0.2, -0.15) is 0 Å². The number of nitrogens with zero attached hydrogens (tertiary/aromatic N) is 3. The topological polar surface area (TPSA) is 37.1 Å². The molecule has 33 heavy (non-hydrogen) atoms. The molecule has 3 aliphatic heterocycles. The van der Waals surface area contributed by atoms with E-state index in [2.05, 4.69) is 41.8 Å². The number of hydrogen-bond acceptors (Lipinski definition) is 3. The average molecular weight is 444 g/mol. The van der Waals surface area contributed by atoms with Gasteiger partial charge in [0.05, 0.1) is 6.57 Å². The van der Waals surface area contributed by atoms with Gasteiger partial charge in [0.15, 0.2) is 5.69 Å². The van der Waals surface area contributed by atoms with Crippen LogP contribution in [0.25, 0.3) is 4.85 Å². The molecular formula is C28H33N3O2. The van der Waals surface area contributed by atoms with Crippen molar-refractivity contribution in [2.24, 2.45) is 5.41 Å². The first-order valence-electron chi connectivity index (χ1n) is 12.2. The fourth-order valence-electron chi connectivity index (χ4n) is 5.78. The predicted molar refractivity (Wildman–Crippen MR) is 130 cm³/mol. The molecule has 5 nitrogen and oxygen atoms in total. The number of hydrogen-bond donors (Lipinski definition) is 0. The van der Waals surface area contributed by atoms with Crippen LogP contribution in [-0.4, -0.2) is 47.5 Å². The molecule has 2 fully saturated rings. The van der Waals surface area contributed by atoms with E-state index in [1.807, 2.05) is 4.90 Å². The van der Waals surface area contributed by atoms with Crippen LogP contribution >= 0.6 is 0 Å². The molecule has 0 N–H and O–H groups in total. The van der Waals surface area contributed by atoms with Crippen molar-refractivity contribution >= 4 is 11.6 Å². The second kappa shape index (κ2) is 8.50. The van der Waals surface area contributed by atoms with Crippen molar-refractivity contribution in [3.63, 3.8) is 0 Å². The number of amides is 1. The first-order chi connectivity index (χ1) is 15.9. The van der Waals surface area contributed by atoms with Crippen molar-refractivity contribution in [2.75, 3.05) is 26.2 Å². The van der Waals surface area contributed by atoms with Gasteiger partial charge in [-0.1, -0.05) is 42.5 Å². The van der Waals surface area contributed by atoms with Gasteiger partial charge in [0, 0.05) is 37.2 Å². The van der Waals surface area contributed by atoms with Gasteiger partial charge in [0.1, 0.15) is 11.4 Å². The molecule has 0 unspecified atom stereocenters. The number of piperidine rings is 2. The van der Waals surface area contributed by atoms with E-state index in [0.717, 1.165) is 57.7 Å². The largest absolute Gasteiger partial charge is 0.487 e. The van der Waals surface area contributed by atoms with E-state index in [1.165, 1.54) is 24.0 Å². The van der Waals surface area contributed by atoms with Crippen LogP contribution in [0.2, 0.25) is 0 Å². The van der Waals surface area contributed by atoms with Gasteiger partial charge in [0.25, 0.3) is 5.91 Å². The molecule has 2 saturated heterocycles. The van der Waals surface area contributed by atoms with Crippen LogP contribution in [0.5, 0.6) is 5.75 Å². The minimum absolute atomic E-state index is 0.0969. The number of benzene rings is 2. The molecular weight excluding hydrogens is 410 g/mol. The van der Waals surface area contributed by atoms with Crippen LogP contribution in [0.4, 0.5) is 5.69 Å². The molecule has 5 rings (SSSR count). The zero-order chi connectivity index (χ0) is 23.1. The second-order valence-electron chi connectivity index (χ2n) is 10.7. The SMILES string of the molecule is [C-]#[N+]c1ccc(C(=O)N2CCC3(CCN(Cc4cccc5c4OC(C)(C)C5)CC3)CC2)cc1. The van der Waals surface area contributed by atoms with Gasteiger partial charge >= 0.3 is 0 Å². The van der Waals surface area contributed by atoms with Crippen LogP contribution < -0.4 is 4.74 Å². The Morgan fingerprint density at radius 3 is 2.33 bits per heavy atom. The van der Waals surface area contributed by atoms with Crippen LogP contribution in [0, 0.1) is 12.0 Å². The molecule has 2 aromatic rings. The number of carbonyl (C=O) groups excluding carboxylic acids is 1. The Morgan fingerprint density at radius 1 is 1.00 bits per heavy atom. The quantitative estimate of drug-likeness (QED) is 0.591. The molecule has 0 saturated carbocycles. The van der Waals surface area contributed by atoms with Crippen molar-refractivity contribution < 1.29 is 9.53 Å². The summed E-state index contributed by atoms with van der Waals surface area (Å²) < 4.78 is 6.28. The fourth-order valence-corrected chi connectivity index (χ4v) is 5.78. The van der Waals surface area contributed by atoms with E-state index in [-0.39, 0.29) is 11.5 Å². The molecule has 3 heterocycles. The summed E-state index contributed by atoms with van der Waals surface area (Å²) in [5.74, 6) is 1.21. The molecule has 2 aromatic carbocycles. The summed E-state index contributed by atoms with van der Waals surface area (Å²) in [7, 11) is 0. The lowest BCUT2D eigenvalue weighted by atomic mass is 9.71. The zero-order valence-corrected chi connectivity index (χ0v) is 19.8. The molecule has 0 aromatic heterocycles. The molecule has 0 bridgehead atoms. The Hall–Kier alpha value is -2.84. The van der Waals surface area contributed by atoms with Crippen molar-refractivity contribution in [2.45, 2.75) is 58.1 Å². The number of carbonyl (C=O) groups is 1. The molecule has 0 atom stereocenters. The standard InChI is InChI=1S/C28H33N3O2/c1-27(2)19-22-5-4-6-23(25(22)33-27)20-30-15-11-28(12-16-30)13-17-31(18-14-28)26(32)21-7-9-24(29-3)10-8-21/h4-10H,11-20H2,1-2H3. The summed E-state index contributed by atoms with van der Waals surface area (Å²) in [6, 6.07) is 13.6. The summed E-state index contributed by atoms with van der Waals surface area (Å²) >= 11 is 0. The lowest BCUT2D eigenvalue weighted by Crippen LogP contribution is -2.48. The van der Waals surface area contributed by atoms with E-state index < -0.39 is 0 Å². The normalized spacial score (nSPS) is 21.3. The highest BCUT2D eigenvalue weighted by molar-refractivity contribution is 5.94. The third-order valence-electron chi connectivity index (χ3n) is 7.84. The molecule has 172 valence electrons. The smallest absolute Gasteiger partial charge is 0.253 e. The van der Waals surface area contributed by atoms with Crippen LogP contribution in [0.1, 0.15) is 61.0 Å². The summed E-state index contributed by atoms with van der Waals surface area (Å²) in [5, 5.41) is 0. The molecule has 3 aliphatic rings. The van der Waals surface area contributed by atoms with E-state index in [9.17, 15) is 4.79 Å². The molecule has 0 radical (unpaired) electrons. The minimum Gasteiger partial charge on any atom is -0.487 e. The van der Waals surface area contributed by atoms with Gasteiger partial charge in [-0.3, -0.25) is 9.69 Å². The van der Waals surface area contributed by atoms with E-state index in [0.29, 0.717) is 16.7 Å². The Labute approximate surface area is 197 Å². The van der Waals surface area contributed by atoms with E-state index >= 15 is 0 Å². The van der Waals surface area contributed by atoms with E-state index in [1.54, 1.807) is 24.3 Å². The van der Waals surface area contributed by atoms with Gasteiger partial charge in [-0.15, -0.1) is 0 Å². The predicted octanol–water partition coefficient (Wildman–Crippen LogP) is 5.47. The number of rotatable bonds is 3. The number of likely N-dealkylation sites (tertiary alicyclic amines) is 2. The minimum atomic E-state index is -0.102. The van der Waals surface area contributed by atoms with E-state index in [4.69, 9.17) is 11.3 Å². The lowest BCUT2D eigenvalue weighted by Gasteiger charge is -2.47. The first kappa shape index (κ1) is 22.0. The first-order valence-corrected chi connectivity index (χ1v) is 12.2.